The summed E-state index contributed by atoms with van der Waals surface area (Å²) in [5, 5.41) is 11.6. The Bertz CT molecular complexity index is 1140. The molecule has 146 valence electrons. The number of rotatable bonds is 6. The molecule has 8 heteroatoms. The Hall–Kier alpha value is -3.03. The van der Waals surface area contributed by atoms with Crippen LogP contribution in [0.4, 0.5) is 5.69 Å². The van der Waals surface area contributed by atoms with Crippen molar-refractivity contribution in [2.24, 2.45) is 0 Å². The molecular formula is C21H17ClN4O2S. The number of nitrogens with zero attached hydrogens (tertiary/aromatic N) is 3. The van der Waals surface area contributed by atoms with E-state index in [1.165, 1.54) is 0 Å². The van der Waals surface area contributed by atoms with E-state index in [1.807, 2.05) is 54.6 Å². The van der Waals surface area contributed by atoms with Crippen LogP contribution in [0.1, 0.15) is 21.8 Å². The molecule has 0 aliphatic rings. The van der Waals surface area contributed by atoms with Crippen LogP contribution in [-0.4, -0.2) is 20.8 Å². The highest BCUT2D eigenvalue weighted by Gasteiger charge is 2.21. The Morgan fingerprint density at radius 1 is 1.17 bits per heavy atom. The molecule has 0 spiro atoms. The van der Waals surface area contributed by atoms with Gasteiger partial charge in [0.05, 0.1) is 23.5 Å². The molecule has 0 aliphatic heterocycles. The lowest BCUT2D eigenvalue weighted by molar-refractivity contribution is 0.101. The quantitative estimate of drug-likeness (QED) is 0.455. The number of carbonyl (C=O) groups is 1. The number of para-hydroxylation sites is 1. The molecule has 0 atom stereocenters. The number of aromatic nitrogens is 3. The molecule has 2 heterocycles. The molecule has 2 aromatic carbocycles. The van der Waals surface area contributed by atoms with E-state index in [2.05, 4.69) is 15.6 Å². The van der Waals surface area contributed by atoms with Gasteiger partial charge in [0.1, 0.15) is 5.76 Å². The van der Waals surface area contributed by atoms with E-state index in [4.69, 9.17) is 16.1 Å². The molecule has 4 rings (SSSR count). The van der Waals surface area contributed by atoms with Gasteiger partial charge in [0, 0.05) is 21.6 Å². The van der Waals surface area contributed by atoms with E-state index in [-0.39, 0.29) is 11.6 Å². The third-order valence-corrected chi connectivity index (χ3v) is 5.51. The molecular weight excluding hydrogens is 408 g/mol. The van der Waals surface area contributed by atoms with Gasteiger partial charge < -0.3 is 9.84 Å². The van der Waals surface area contributed by atoms with Gasteiger partial charge in [0.15, 0.2) is 5.69 Å². The van der Waals surface area contributed by atoms with Gasteiger partial charge in [0.25, 0.3) is 5.91 Å². The van der Waals surface area contributed by atoms with Gasteiger partial charge in [0.2, 0.25) is 0 Å². The van der Waals surface area contributed by atoms with Gasteiger partial charge in [-0.1, -0.05) is 58.9 Å². The lowest BCUT2D eigenvalue weighted by Gasteiger charge is -2.10. The Labute approximate surface area is 176 Å². The fourth-order valence-electron chi connectivity index (χ4n) is 2.80. The molecule has 0 saturated heterocycles. The third kappa shape index (κ3) is 4.52. The smallest absolute Gasteiger partial charge is 0.278 e. The zero-order valence-electron chi connectivity index (χ0n) is 15.5. The fraction of sp³-hybridized carbons (Fsp3) is 0.0952. The van der Waals surface area contributed by atoms with E-state index in [0.29, 0.717) is 28.6 Å². The Morgan fingerprint density at radius 3 is 2.69 bits per heavy atom. The van der Waals surface area contributed by atoms with Crippen LogP contribution in [0.5, 0.6) is 0 Å². The van der Waals surface area contributed by atoms with Crippen LogP contribution in [0.3, 0.4) is 0 Å². The molecule has 0 fully saturated rings. The van der Waals surface area contributed by atoms with Gasteiger partial charge >= 0.3 is 0 Å². The second kappa shape index (κ2) is 8.55. The van der Waals surface area contributed by atoms with Crippen LogP contribution in [-0.2, 0) is 6.54 Å². The summed E-state index contributed by atoms with van der Waals surface area (Å²) in [5.74, 6) is 0.227. The monoisotopic (exact) mass is 424 g/mol. The molecule has 6 nitrogen and oxygen atoms in total. The summed E-state index contributed by atoms with van der Waals surface area (Å²) in [6.45, 7) is 2.11. The van der Waals surface area contributed by atoms with Gasteiger partial charge in [-0.3, -0.25) is 9.48 Å². The number of carbonyl (C=O) groups excluding carboxylic acids is 1. The summed E-state index contributed by atoms with van der Waals surface area (Å²) in [4.78, 5) is 15.0. The highest BCUT2D eigenvalue weighted by molar-refractivity contribution is 7.99. The number of nitrogens with one attached hydrogen (secondary N) is 1. The average Bonchev–Trinajstić information content (AvgIpc) is 3.30. The molecule has 0 bridgehead atoms. The molecule has 2 aromatic heterocycles. The maximum Gasteiger partial charge on any atom is 0.278 e. The van der Waals surface area contributed by atoms with Crippen LogP contribution in [0, 0.1) is 6.92 Å². The highest BCUT2D eigenvalue weighted by atomic mass is 35.5. The first kappa shape index (κ1) is 19.3. The van der Waals surface area contributed by atoms with Crippen molar-refractivity contribution in [1.82, 2.24) is 14.9 Å². The first-order chi connectivity index (χ1) is 14.1. The first-order valence-electron chi connectivity index (χ1n) is 8.86. The lowest BCUT2D eigenvalue weighted by Crippen LogP contribution is -2.16. The summed E-state index contributed by atoms with van der Waals surface area (Å²) in [6, 6.07) is 17.6. The predicted octanol–water partition coefficient (Wildman–Crippen LogP) is 5.28. The minimum Gasteiger partial charge on any atom is -0.361 e. The maximum absolute atomic E-state index is 12.9. The van der Waals surface area contributed by atoms with Crippen molar-refractivity contribution in [3.8, 4) is 0 Å². The Kier molecular flexibility index (Phi) is 5.69. The lowest BCUT2D eigenvalue weighted by atomic mass is 10.2. The standard InChI is InChI=1S/C21H17ClN4O2S/c1-14-17(13-26-12-15(22)11-23-26)20(25-28-14)21(27)24-18-9-5-6-10-19(18)29-16-7-3-2-4-8-16/h2-12H,13H2,1H3,(H,24,27). The summed E-state index contributed by atoms with van der Waals surface area (Å²) in [6.07, 6.45) is 3.22. The van der Waals surface area contributed by atoms with Crippen molar-refractivity contribution in [1.29, 1.82) is 0 Å². The summed E-state index contributed by atoms with van der Waals surface area (Å²) in [5.41, 5.74) is 1.60. The topological polar surface area (TPSA) is 73.0 Å². The van der Waals surface area contributed by atoms with Crippen LogP contribution in [0.2, 0.25) is 5.02 Å². The first-order valence-corrected chi connectivity index (χ1v) is 10.1. The van der Waals surface area contributed by atoms with E-state index in [1.54, 1.807) is 35.8 Å². The number of aryl methyl sites for hydroxylation is 1. The zero-order chi connectivity index (χ0) is 20.2. The molecule has 29 heavy (non-hydrogen) atoms. The molecule has 1 amide bonds. The molecule has 1 N–H and O–H groups in total. The number of anilines is 1. The predicted molar refractivity (Wildman–Crippen MR) is 113 cm³/mol. The maximum atomic E-state index is 12.9. The number of benzene rings is 2. The van der Waals surface area contributed by atoms with Crippen molar-refractivity contribution >= 4 is 35.0 Å². The number of halogens is 1. The second-order valence-corrected chi connectivity index (χ2v) is 7.84. The van der Waals surface area contributed by atoms with Crippen molar-refractivity contribution in [2.45, 2.75) is 23.3 Å². The number of hydrogen-bond donors (Lipinski definition) is 1. The van der Waals surface area contributed by atoms with Crippen molar-refractivity contribution in [3.05, 3.63) is 89.0 Å². The molecule has 0 aliphatic carbocycles. The third-order valence-electron chi connectivity index (χ3n) is 4.23. The van der Waals surface area contributed by atoms with E-state index in [9.17, 15) is 4.79 Å². The van der Waals surface area contributed by atoms with Gasteiger partial charge in [-0.05, 0) is 31.2 Å². The number of amides is 1. The van der Waals surface area contributed by atoms with Crippen molar-refractivity contribution in [3.63, 3.8) is 0 Å². The number of hydrogen-bond acceptors (Lipinski definition) is 5. The van der Waals surface area contributed by atoms with E-state index >= 15 is 0 Å². The van der Waals surface area contributed by atoms with Crippen LogP contribution < -0.4 is 5.32 Å². The van der Waals surface area contributed by atoms with Gasteiger partial charge in [-0.25, -0.2) is 0 Å². The van der Waals surface area contributed by atoms with Crippen molar-refractivity contribution in [2.75, 3.05) is 5.32 Å². The van der Waals surface area contributed by atoms with Crippen LogP contribution >= 0.6 is 23.4 Å². The summed E-state index contributed by atoms with van der Waals surface area (Å²) >= 11 is 7.51. The SMILES string of the molecule is Cc1onc(C(=O)Nc2ccccc2Sc2ccccc2)c1Cn1cc(Cl)cn1. The fourth-order valence-corrected chi connectivity index (χ4v) is 3.88. The van der Waals surface area contributed by atoms with E-state index < -0.39 is 0 Å². The van der Waals surface area contributed by atoms with Gasteiger partial charge in [-0.15, -0.1) is 0 Å². The average molecular weight is 425 g/mol. The largest absolute Gasteiger partial charge is 0.361 e. The highest BCUT2D eigenvalue weighted by Crippen LogP contribution is 2.33. The second-order valence-electron chi connectivity index (χ2n) is 6.29. The molecule has 4 aromatic rings. The van der Waals surface area contributed by atoms with Crippen LogP contribution in [0.25, 0.3) is 0 Å². The molecule has 0 radical (unpaired) electrons. The molecule has 0 saturated carbocycles. The van der Waals surface area contributed by atoms with Gasteiger partial charge in [-0.2, -0.15) is 5.10 Å². The molecule has 0 unspecified atom stereocenters. The summed E-state index contributed by atoms with van der Waals surface area (Å²) < 4.78 is 6.91. The normalized spacial score (nSPS) is 10.8. The summed E-state index contributed by atoms with van der Waals surface area (Å²) in [7, 11) is 0. The Balaban J connectivity index is 1.56. The minimum absolute atomic E-state index is 0.230. The zero-order valence-corrected chi connectivity index (χ0v) is 17.1. The minimum atomic E-state index is -0.337. The van der Waals surface area contributed by atoms with Crippen molar-refractivity contribution < 1.29 is 9.32 Å². The van der Waals surface area contributed by atoms with Crippen LogP contribution in [0.15, 0.2) is 81.3 Å². The Morgan fingerprint density at radius 2 is 1.93 bits per heavy atom. The van der Waals surface area contributed by atoms with E-state index in [0.717, 1.165) is 9.79 Å².